The van der Waals surface area contributed by atoms with Gasteiger partial charge in [-0.1, -0.05) is 30.5 Å². The molecule has 1 N–H and O–H groups in total. The molecule has 6 heteroatoms. The Morgan fingerprint density at radius 2 is 1.69 bits per heavy atom. The van der Waals surface area contributed by atoms with Crippen LogP contribution in [-0.4, -0.2) is 23.9 Å². The maximum Gasteiger partial charge on any atom is 0.293 e. The van der Waals surface area contributed by atoms with Crippen LogP contribution < -0.4 is 10.2 Å². The number of carbonyl (C=O) groups excluding carboxylic acids is 1. The molecule has 0 atom stereocenters. The molecule has 6 nitrogen and oxygen atoms in total. The zero-order chi connectivity index (χ0) is 18.5. The molecule has 0 saturated carbocycles. The molecule has 26 heavy (non-hydrogen) atoms. The molecule has 136 valence electrons. The van der Waals surface area contributed by atoms with Crippen LogP contribution in [-0.2, 0) is 0 Å². The van der Waals surface area contributed by atoms with E-state index in [9.17, 15) is 14.9 Å². The smallest absolute Gasteiger partial charge is 0.293 e. The first-order valence-electron chi connectivity index (χ1n) is 8.96. The van der Waals surface area contributed by atoms with Crippen molar-refractivity contribution in [2.24, 2.45) is 0 Å². The maximum absolute atomic E-state index is 12.5. The van der Waals surface area contributed by atoms with Crippen LogP contribution >= 0.6 is 0 Å². The number of aryl methyl sites for hydroxylation is 1. The Morgan fingerprint density at radius 1 is 1.04 bits per heavy atom. The number of nitro groups is 1. The van der Waals surface area contributed by atoms with Crippen molar-refractivity contribution in [1.29, 1.82) is 0 Å². The minimum absolute atomic E-state index is 0.0107. The summed E-state index contributed by atoms with van der Waals surface area (Å²) in [7, 11) is 0. The van der Waals surface area contributed by atoms with Crippen LogP contribution in [0.3, 0.4) is 0 Å². The Hall–Kier alpha value is -2.89. The quantitative estimate of drug-likeness (QED) is 0.647. The minimum atomic E-state index is -0.400. The molecule has 2 aromatic carbocycles. The molecule has 0 bridgehead atoms. The number of nitrogens with one attached hydrogen (secondary N) is 1. The molecule has 1 saturated heterocycles. The van der Waals surface area contributed by atoms with Crippen LogP contribution in [0.15, 0.2) is 42.5 Å². The van der Waals surface area contributed by atoms with Gasteiger partial charge in [0.05, 0.1) is 4.92 Å². The van der Waals surface area contributed by atoms with Gasteiger partial charge in [-0.3, -0.25) is 14.9 Å². The summed E-state index contributed by atoms with van der Waals surface area (Å²) in [4.78, 5) is 25.7. The highest BCUT2D eigenvalue weighted by atomic mass is 16.6. The highest BCUT2D eigenvalue weighted by Gasteiger charge is 2.22. The minimum Gasteiger partial charge on any atom is -0.366 e. The monoisotopic (exact) mass is 353 g/mol. The lowest BCUT2D eigenvalue weighted by molar-refractivity contribution is -0.384. The summed E-state index contributed by atoms with van der Waals surface area (Å²) in [6.07, 6.45) is 4.38. The topological polar surface area (TPSA) is 75.5 Å². The predicted octanol–water partition coefficient (Wildman–Crippen LogP) is 4.54. The Kier molecular flexibility index (Phi) is 5.51. The molecule has 1 amide bonds. The van der Waals surface area contributed by atoms with E-state index in [1.165, 1.54) is 6.07 Å². The zero-order valence-corrected chi connectivity index (χ0v) is 14.9. The number of hydrogen-bond acceptors (Lipinski definition) is 4. The van der Waals surface area contributed by atoms with Crippen LogP contribution in [0, 0.1) is 17.0 Å². The Balaban J connectivity index is 1.84. The summed E-state index contributed by atoms with van der Waals surface area (Å²) in [6.45, 7) is 3.60. The SMILES string of the molecule is Cc1ccc(NC(=O)c2ccc(N3CCCCCC3)c([N+](=O)[O-])c2)cc1. The number of benzene rings is 2. The van der Waals surface area contributed by atoms with Crippen LogP contribution in [0.1, 0.15) is 41.6 Å². The second-order valence-corrected chi connectivity index (χ2v) is 6.68. The summed E-state index contributed by atoms with van der Waals surface area (Å²) < 4.78 is 0. The zero-order valence-electron chi connectivity index (χ0n) is 14.9. The second-order valence-electron chi connectivity index (χ2n) is 6.68. The Labute approximate surface area is 153 Å². The number of nitrogens with zero attached hydrogens (tertiary/aromatic N) is 2. The molecule has 1 aliphatic heterocycles. The van der Waals surface area contributed by atoms with E-state index in [1.807, 2.05) is 31.2 Å². The van der Waals surface area contributed by atoms with Crippen molar-refractivity contribution in [2.75, 3.05) is 23.3 Å². The van der Waals surface area contributed by atoms with Gasteiger partial charge in [0.2, 0.25) is 0 Å². The number of carbonyl (C=O) groups is 1. The maximum atomic E-state index is 12.5. The van der Waals surface area contributed by atoms with Gasteiger partial charge in [-0.25, -0.2) is 0 Å². The third-order valence-electron chi connectivity index (χ3n) is 4.69. The van der Waals surface area contributed by atoms with Crippen molar-refractivity contribution in [3.05, 3.63) is 63.7 Å². The highest BCUT2D eigenvalue weighted by Crippen LogP contribution is 2.31. The first-order chi connectivity index (χ1) is 12.5. The summed E-state index contributed by atoms with van der Waals surface area (Å²) in [5.41, 5.74) is 2.64. The van der Waals surface area contributed by atoms with Gasteiger partial charge in [-0.2, -0.15) is 0 Å². The van der Waals surface area contributed by atoms with Crippen LogP contribution in [0.2, 0.25) is 0 Å². The number of rotatable bonds is 4. The summed E-state index contributed by atoms with van der Waals surface area (Å²) in [5.74, 6) is -0.348. The third kappa shape index (κ3) is 4.20. The standard InChI is InChI=1S/C20H23N3O3/c1-15-6-9-17(10-7-15)21-20(24)16-8-11-18(19(14-16)23(25)26)22-12-4-2-3-5-13-22/h6-11,14H,2-5,12-13H2,1H3,(H,21,24). The van der Waals surface area contributed by atoms with E-state index in [1.54, 1.807) is 12.1 Å². The molecule has 2 aromatic rings. The van der Waals surface area contributed by atoms with Crippen LogP contribution in [0.4, 0.5) is 17.1 Å². The molecular formula is C20H23N3O3. The summed E-state index contributed by atoms with van der Waals surface area (Å²) in [5, 5.41) is 14.4. The van der Waals surface area contributed by atoms with Gasteiger partial charge >= 0.3 is 0 Å². The molecular weight excluding hydrogens is 330 g/mol. The molecule has 1 fully saturated rings. The van der Waals surface area contributed by atoms with E-state index in [0.29, 0.717) is 11.4 Å². The Bertz CT molecular complexity index is 794. The van der Waals surface area contributed by atoms with Gasteiger partial charge in [0.1, 0.15) is 5.69 Å². The van der Waals surface area contributed by atoms with Crippen molar-refractivity contribution in [1.82, 2.24) is 0 Å². The highest BCUT2D eigenvalue weighted by molar-refractivity contribution is 6.05. The predicted molar refractivity (Wildman–Crippen MR) is 103 cm³/mol. The molecule has 3 rings (SSSR count). The largest absolute Gasteiger partial charge is 0.366 e. The van der Waals surface area contributed by atoms with E-state index in [2.05, 4.69) is 10.2 Å². The number of anilines is 2. The van der Waals surface area contributed by atoms with E-state index >= 15 is 0 Å². The van der Waals surface area contributed by atoms with Crippen molar-refractivity contribution in [3.63, 3.8) is 0 Å². The molecule has 0 unspecified atom stereocenters. The number of amides is 1. The van der Waals surface area contributed by atoms with Crippen molar-refractivity contribution in [3.8, 4) is 0 Å². The third-order valence-corrected chi connectivity index (χ3v) is 4.69. The molecule has 0 spiro atoms. The average Bonchev–Trinajstić information content (AvgIpc) is 2.92. The van der Waals surface area contributed by atoms with E-state index in [-0.39, 0.29) is 17.2 Å². The molecule has 0 aliphatic carbocycles. The summed E-state index contributed by atoms with van der Waals surface area (Å²) >= 11 is 0. The van der Waals surface area contributed by atoms with E-state index in [4.69, 9.17) is 0 Å². The van der Waals surface area contributed by atoms with Gasteiger partial charge in [0.15, 0.2) is 0 Å². The normalized spacial score (nSPS) is 14.6. The fourth-order valence-corrected chi connectivity index (χ4v) is 3.23. The lowest BCUT2D eigenvalue weighted by Gasteiger charge is -2.22. The first-order valence-corrected chi connectivity index (χ1v) is 8.96. The number of nitro benzene ring substituents is 1. The second kappa shape index (κ2) is 7.99. The summed E-state index contributed by atoms with van der Waals surface area (Å²) in [6, 6.07) is 12.2. The lowest BCUT2D eigenvalue weighted by atomic mass is 10.1. The molecule has 1 heterocycles. The fraction of sp³-hybridized carbons (Fsp3) is 0.350. The van der Waals surface area contributed by atoms with E-state index < -0.39 is 4.92 Å². The number of hydrogen-bond donors (Lipinski definition) is 1. The Morgan fingerprint density at radius 3 is 2.31 bits per heavy atom. The van der Waals surface area contributed by atoms with Gasteiger partial charge in [-0.15, -0.1) is 0 Å². The lowest BCUT2D eigenvalue weighted by Crippen LogP contribution is -2.25. The fourth-order valence-electron chi connectivity index (χ4n) is 3.23. The van der Waals surface area contributed by atoms with Crippen LogP contribution in [0.5, 0.6) is 0 Å². The van der Waals surface area contributed by atoms with Crippen molar-refractivity contribution >= 4 is 23.0 Å². The van der Waals surface area contributed by atoms with Crippen LogP contribution in [0.25, 0.3) is 0 Å². The first kappa shape index (κ1) is 17.9. The van der Waals surface area contributed by atoms with E-state index in [0.717, 1.165) is 44.3 Å². The average molecular weight is 353 g/mol. The molecule has 1 aliphatic rings. The van der Waals surface area contributed by atoms with Gasteiger partial charge in [0, 0.05) is 30.4 Å². The van der Waals surface area contributed by atoms with Crippen molar-refractivity contribution in [2.45, 2.75) is 32.6 Å². The molecule has 0 aromatic heterocycles. The molecule has 0 radical (unpaired) electrons. The van der Waals surface area contributed by atoms with Gasteiger partial charge < -0.3 is 10.2 Å². The van der Waals surface area contributed by atoms with Gasteiger partial charge in [0.25, 0.3) is 11.6 Å². The van der Waals surface area contributed by atoms with Crippen molar-refractivity contribution < 1.29 is 9.72 Å². The van der Waals surface area contributed by atoms with Gasteiger partial charge in [-0.05, 0) is 44.0 Å².